The van der Waals surface area contributed by atoms with Gasteiger partial charge in [-0.2, -0.15) is 0 Å². The van der Waals surface area contributed by atoms with Crippen molar-refractivity contribution in [3.05, 3.63) is 23.8 Å². The molecule has 0 saturated carbocycles. The molecule has 0 aromatic heterocycles. The Morgan fingerprint density at radius 2 is 1.84 bits per heavy atom. The van der Waals surface area contributed by atoms with Gasteiger partial charge >= 0.3 is 12.2 Å². The van der Waals surface area contributed by atoms with Gasteiger partial charge in [-0.05, 0) is 31.5 Å². The molecular formula is C13H17NO5. The molecule has 0 aliphatic rings. The highest BCUT2D eigenvalue weighted by Gasteiger charge is 2.15. The minimum absolute atomic E-state index is 0.147. The Morgan fingerprint density at radius 1 is 1.16 bits per heavy atom. The first-order valence-corrected chi connectivity index (χ1v) is 5.78. The van der Waals surface area contributed by atoms with E-state index in [1.807, 2.05) is 6.92 Å². The van der Waals surface area contributed by atoms with Gasteiger partial charge in [0.05, 0.1) is 6.61 Å². The maximum atomic E-state index is 11.5. The summed E-state index contributed by atoms with van der Waals surface area (Å²) in [4.78, 5) is 24.1. The number of rotatable bonds is 3. The maximum absolute atomic E-state index is 11.5. The van der Waals surface area contributed by atoms with Crippen molar-refractivity contribution in [2.24, 2.45) is 0 Å². The van der Waals surface area contributed by atoms with Crippen molar-refractivity contribution in [3.8, 4) is 11.5 Å². The van der Waals surface area contributed by atoms with Gasteiger partial charge in [-0.3, -0.25) is 0 Å². The van der Waals surface area contributed by atoms with E-state index in [9.17, 15) is 9.59 Å². The van der Waals surface area contributed by atoms with E-state index >= 15 is 0 Å². The molecule has 0 aliphatic carbocycles. The lowest BCUT2D eigenvalue weighted by Gasteiger charge is -2.14. The number of carbonyl (C=O) groups excluding carboxylic acids is 2. The molecule has 0 bridgehead atoms. The van der Waals surface area contributed by atoms with E-state index in [1.165, 1.54) is 4.90 Å². The van der Waals surface area contributed by atoms with Gasteiger partial charge in [-0.25, -0.2) is 9.59 Å². The third-order valence-corrected chi connectivity index (χ3v) is 2.12. The van der Waals surface area contributed by atoms with Gasteiger partial charge in [0, 0.05) is 14.1 Å². The number of nitrogens with zero attached hydrogens (tertiary/aromatic N) is 1. The van der Waals surface area contributed by atoms with E-state index in [1.54, 1.807) is 39.2 Å². The van der Waals surface area contributed by atoms with Crippen molar-refractivity contribution in [1.29, 1.82) is 0 Å². The first-order chi connectivity index (χ1) is 8.93. The van der Waals surface area contributed by atoms with E-state index in [4.69, 9.17) is 9.47 Å². The monoisotopic (exact) mass is 267 g/mol. The highest BCUT2D eigenvalue weighted by Crippen LogP contribution is 2.29. The van der Waals surface area contributed by atoms with Crippen LogP contribution in [0, 0.1) is 6.92 Å². The largest absolute Gasteiger partial charge is 0.513 e. The number of aryl methyl sites for hydroxylation is 1. The molecule has 0 radical (unpaired) electrons. The Balaban J connectivity index is 2.91. The van der Waals surface area contributed by atoms with Gasteiger partial charge in [0.15, 0.2) is 11.5 Å². The van der Waals surface area contributed by atoms with Crippen molar-refractivity contribution >= 4 is 12.2 Å². The van der Waals surface area contributed by atoms with Crippen LogP contribution in [0.25, 0.3) is 0 Å². The minimum Gasteiger partial charge on any atom is -0.434 e. The zero-order valence-electron chi connectivity index (χ0n) is 11.4. The van der Waals surface area contributed by atoms with Crippen molar-refractivity contribution in [3.63, 3.8) is 0 Å². The molecule has 6 nitrogen and oxygen atoms in total. The molecule has 6 heteroatoms. The van der Waals surface area contributed by atoms with Crippen LogP contribution >= 0.6 is 0 Å². The second-order valence-electron chi connectivity index (χ2n) is 4.00. The maximum Gasteiger partial charge on any atom is 0.513 e. The molecule has 0 N–H and O–H groups in total. The number of hydrogen-bond donors (Lipinski definition) is 0. The van der Waals surface area contributed by atoms with E-state index in [0.717, 1.165) is 5.56 Å². The quantitative estimate of drug-likeness (QED) is 0.622. The number of carbonyl (C=O) groups is 2. The average molecular weight is 267 g/mol. The molecule has 0 aliphatic heterocycles. The lowest BCUT2D eigenvalue weighted by atomic mass is 10.2. The summed E-state index contributed by atoms with van der Waals surface area (Å²) in [5.74, 6) is 0.311. The van der Waals surface area contributed by atoms with Crippen LogP contribution in [0.3, 0.4) is 0 Å². The minimum atomic E-state index is -0.838. The van der Waals surface area contributed by atoms with Crippen LogP contribution in [-0.4, -0.2) is 37.9 Å². The van der Waals surface area contributed by atoms with Crippen molar-refractivity contribution in [1.82, 2.24) is 4.90 Å². The lowest BCUT2D eigenvalue weighted by Crippen LogP contribution is -2.25. The molecule has 1 aromatic carbocycles. The summed E-state index contributed by atoms with van der Waals surface area (Å²) < 4.78 is 14.8. The smallest absolute Gasteiger partial charge is 0.434 e. The highest BCUT2D eigenvalue weighted by atomic mass is 16.7. The zero-order chi connectivity index (χ0) is 14.4. The second-order valence-corrected chi connectivity index (χ2v) is 4.00. The molecule has 1 aromatic rings. The van der Waals surface area contributed by atoms with Gasteiger partial charge in [-0.15, -0.1) is 0 Å². The Hall–Kier alpha value is -2.24. The van der Waals surface area contributed by atoms with Gasteiger partial charge < -0.3 is 19.1 Å². The molecule has 0 spiro atoms. The number of hydrogen-bond acceptors (Lipinski definition) is 5. The Morgan fingerprint density at radius 3 is 2.42 bits per heavy atom. The van der Waals surface area contributed by atoms with E-state index in [-0.39, 0.29) is 18.1 Å². The summed E-state index contributed by atoms with van der Waals surface area (Å²) in [5.41, 5.74) is 0.865. The van der Waals surface area contributed by atoms with Crippen LogP contribution < -0.4 is 9.47 Å². The molecule has 1 amide bonds. The predicted octanol–water partition coefficient (Wildman–Crippen LogP) is 2.59. The lowest BCUT2D eigenvalue weighted by molar-refractivity contribution is 0.102. The molecule has 104 valence electrons. The Bertz CT molecular complexity index is 470. The summed E-state index contributed by atoms with van der Waals surface area (Å²) in [6.07, 6.45) is -1.40. The van der Waals surface area contributed by atoms with Crippen LogP contribution in [0.15, 0.2) is 18.2 Å². The van der Waals surface area contributed by atoms with Crippen molar-refractivity contribution in [2.75, 3.05) is 20.7 Å². The standard InChI is InChI=1S/C13H17NO5/c1-5-17-13(16)19-11-8-9(2)6-7-10(11)18-12(15)14(3)4/h6-8H,5H2,1-4H3. The molecule has 0 unspecified atom stereocenters. The van der Waals surface area contributed by atoms with Crippen LogP contribution in [-0.2, 0) is 4.74 Å². The highest BCUT2D eigenvalue weighted by molar-refractivity contribution is 5.72. The normalized spacial score (nSPS) is 9.68. The van der Waals surface area contributed by atoms with E-state index in [2.05, 4.69) is 4.74 Å². The van der Waals surface area contributed by atoms with Gasteiger partial charge in [-0.1, -0.05) is 6.07 Å². The van der Waals surface area contributed by atoms with Gasteiger partial charge in [0.1, 0.15) is 0 Å². The average Bonchev–Trinajstić information content (AvgIpc) is 2.32. The van der Waals surface area contributed by atoms with E-state index < -0.39 is 12.2 Å². The van der Waals surface area contributed by atoms with Crippen LogP contribution in [0.2, 0.25) is 0 Å². The zero-order valence-corrected chi connectivity index (χ0v) is 11.4. The number of benzene rings is 1. The van der Waals surface area contributed by atoms with Crippen molar-refractivity contribution < 1.29 is 23.8 Å². The van der Waals surface area contributed by atoms with Crippen LogP contribution in [0.5, 0.6) is 11.5 Å². The molecule has 0 saturated heterocycles. The topological polar surface area (TPSA) is 65.1 Å². The van der Waals surface area contributed by atoms with Gasteiger partial charge in [0.25, 0.3) is 0 Å². The first kappa shape index (κ1) is 14.8. The van der Waals surface area contributed by atoms with Gasteiger partial charge in [0.2, 0.25) is 0 Å². The first-order valence-electron chi connectivity index (χ1n) is 5.78. The van der Waals surface area contributed by atoms with E-state index in [0.29, 0.717) is 0 Å². The fourth-order valence-corrected chi connectivity index (χ4v) is 1.20. The Kier molecular flexibility index (Phi) is 5.17. The molecule has 19 heavy (non-hydrogen) atoms. The number of amides is 1. The van der Waals surface area contributed by atoms with Crippen molar-refractivity contribution in [2.45, 2.75) is 13.8 Å². The summed E-state index contributed by atoms with van der Waals surface area (Å²) in [6, 6.07) is 4.90. The molecule has 0 heterocycles. The summed E-state index contributed by atoms with van der Waals surface area (Å²) in [7, 11) is 3.12. The molecule has 0 atom stereocenters. The molecule has 0 fully saturated rings. The fraction of sp³-hybridized carbons (Fsp3) is 0.385. The third-order valence-electron chi connectivity index (χ3n) is 2.12. The molecule has 1 rings (SSSR count). The van der Waals surface area contributed by atoms with Crippen LogP contribution in [0.4, 0.5) is 9.59 Å². The number of ether oxygens (including phenoxy) is 3. The summed E-state index contributed by atoms with van der Waals surface area (Å²) >= 11 is 0. The third kappa shape index (κ3) is 4.50. The fourth-order valence-electron chi connectivity index (χ4n) is 1.20. The molecular weight excluding hydrogens is 250 g/mol. The SMILES string of the molecule is CCOC(=O)Oc1cc(C)ccc1OC(=O)N(C)C. The summed E-state index contributed by atoms with van der Waals surface area (Å²) in [5, 5.41) is 0. The predicted molar refractivity (Wildman–Crippen MR) is 68.5 cm³/mol. The second kappa shape index (κ2) is 6.63. The van der Waals surface area contributed by atoms with Crippen LogP contribution in [0.1, 0.15) is 12.5 Å². The Labute approximate surface area is 111 Å². The summed E-state index contributed by atoms with van der Waals surface area (Å²) in [6.45, 7) is 3.71.